The predicted molar refractivity (Wildman–Crippen MR) is 44.4 cm³/mol. The molecule has 0 spiro atoms. The molecule has 2 nitrogen and oxygen atoms in total. The zero-order valence-electron chi connectivity index (χ0n) is 6.88. The van der Waals surface area contributed by atoms with E-state index in [0.717, 1.165) is 0 Å². The zero-order chi connectivity index (χ0) is 7.40. The molecule has 0 radical (unpaired) electrons. The first kappa shape index (κ1) is 7.58. The van der Waals surface area contributed by atoms with Crippen molar-refractivity contribution >= 4 is 6.34 Å². The minimum Gasteiger partial charge on any atom is -0.363 e. The molecule has 1 fully saturated rings. The van der Waals surface area contributed by atoms with Gasteiger partial charge in [-0.05, 0) is 26.7 Å². The van der Waals surface area contributed by atoms with Gasteiger partial charge in [-0.1, -0.05) is 0 Å². The quantitative estimate of drug-likeness (QED) is 0.419. The Kier molecular flexibility index (Phi) is 2.72. The number of hydrogen-bond donors (Lipinski definition) is 0. The van der Waals surface area contributed by atoms with Crippen molar-refractivity contribution < 1.29 is 0 Å². The third kappa shape index (κ3) is 2.38. The van der Waals surface area contributed by atoms with Crippen molar-refractivity contribution in [2.75, 3.05) is 13.1 Å². The van der Waals surface area contributed by atoms with Crippen LogP contribution in [0.25, 0.3) is 0 Å². The van der Waals surface area contributed by atoms with Crippen LogP contribution in [0.1, 0.15) is 26.7 Å². The van der Waals surface area contributed by atoms with E-state index < -0.39 is 0 Å². The molecule has 0 bridgehead atoms. The topological polar surface area (TPSA) is 15.6 Å². The summed E-state index contributed by atoms with van der Waals surface area (Å²) in [7, 11) is 0. The molecule has 10 heavy (non-hydrogen) atoms. The maximum atomic E-state index is 4.31. The summed E-state index contributed by atoms with van der Waals surface area (Å²) in [5.74, 6) is 0. The van der Waals surface area contributed by atoms with Gasteiger partial charge >= 0.3 is 0 Å². The fraction of sp³-hybridized carbons (Fsp3) is 0.875. The lowest BCUT2D eigenvalue weighted by Gasteiger charge is -2.09. The van der Waals surface area contributed by atoms with E-state index in [1.807, 2.05) is 6.34 Å². The highest BCUT2D eigenvalue weighted by Gasteiger charge is 2.06. The lowest BCUT2D eigenvalue weighted by atomic mass is 10.4. The molecule has 0 aliphatic carbocycles. The Hall–Kier alpha value is -0.530. The number of hydrogen-bond acceptors (Lipinski definition) is 1. The molecule has 1 rings (SSSR count). The van der Waals surface area contributed by atoms with Crippen LogP contribution in [0.15, 0.2) is 4.99 Å². The molecule has 0 atom stereocenters. The van der Waals surface area contributed by atoms with Crippen LogP contribution in [0, 0.1) is 0 Å². The van der Waals surface area contributed by atoms with Gasteiger partial charge in [-0.3, -0.25) is 4.99 Å². The summed E-state index contributed by atoms with van der Waals surface area (Å²) in [6.07, 6.45) is 4.67. The van der Waals surface area contributed by atoms with Gasteiger partial charge in [0.05, 0.1) is 6.34 Å². The number of likely N-dealkylation sites (tertiary alicyclic amines) is 1. The first-order valence-corrected chi connectivity index (χ1v) is 4.06. The third-order valence-corrected chi connectivity index (χ3v) is 1.67. The Morgan fingerprint density at radius 2 is 1.90 bits per heavy atom. The minimum absolute atomic E-state index is 0.445. The zero-order valence-corrected chi connectivity index (χ0v) is 6.88. The van der Waals surface area contributed by atoms with Gasteiger partial charge in [-0.2, -0.15) is 0 Å². The van der Waals surface area contributed by atoms with Crippen molar-refractivity contribution in [1.82, 2.24) is 4.90 Å². The lowest BCUT2D eigenvalue weighted by Crippen LogP contribution is -2.17. The predicted octanol–water partition coefficient (Wildman–Crippen LogP) is 1.52. The van der Waals surface area contributed by atoms with Gasteiger partial charge in [0.2, 0.25) is 0 Å². The molecule has 1 heterocycles. The Morgan fingerprint density at radius 3 is 2.40 bits per heavy atom. The van der Waals surface area contributed by atoms with Crippen molar-refractivity contribution in [2.24, 2.45) is 4.99 Å². The summed E-state index contributed by atoms with van der Waals surface area (Å²) in [5.41, 5.74) is 0. The molecule has 1 saturated heterocycles. The van der Waals surface area contributed by atoms with Crippen molar-refractivity contribution in [2.45, 2.75) is 32.7 Å². The van der Waals surface area contributed by atoms with Gasteiger partial charge < -0.3 is 4.90 Å². The van der Waals surface area contributed by atoms with Gasteiger partial charge in [-0.25, -0.2) is 0 Å². The van der Waals surface area contributed by atoms with Crippen molar-refractivity contribution in [1.29, 1.82) is 0 Å². The second kappa shape index (κ2) is 3.59. The van der Waals surface area contributed by atoms with Gasteiger partial charge in [0.1, 0.15) is 0 Å². The first-order chi connectivity index (χ1) is 4.79. The highest BCUT2D eigenvalue weighted by atomic mass is 15.2. The van der Waals surface area contributed by atoms with Gasteiger partial charge in [0, 0.05) is 19.1 Å². The van der Waals surface area contributed by atoms with Crippen LogP contribution in [0.2, 0.25) is 0 Å². The van der Waals surface area contributed by atoms with Crippen LogP contribution in [0.3, 0.4) is 0 Å². The molecule has 0 amide bonds. The number of aliphatic imine (C=N–C) groups is 1. The summed E-state index contributed by atoms with van der Waals surface area (Å²) in [6, 6.07) is 0.445. The van der Waals surface area contributed by atoms with Gasteiger partial charge in [0.15, 0.2) is 0 Å². The Morgan fingerprint density at radius 1 is 1.30 bits per heavy atom. The van der Waals surface area contributed by atoms with Gasteiger partial charge in [0.25, 0.3) is 0 Å². The second-order valence-corrected chi connectivity index (χ2v) is 3.10. The molecule has 1 aliphatic rings. The monoisotopic (exact) mass is 140 g/mol. The Bertz CT molecular complexity index is 112. The SMILES string of the molecule is CC(C)N=CN1CCCC1. The molecular formula is C8H16N2. The molecule has 2 heteroatoms. The molecule has 0 aromatic rings. The van der Waals surface area contributed by atoms with E-state index in [4.69, 9.17) is 0 Å². The van der Waals surface area contributed by atoms with E-state index in [-0.39, 0.29) is 0 Å². The van der Waals surface area contributed by atoms with Crippen molar-refractivity contribution in [3.63, 3.8) is 0 Å². The van der Waals surface area contributed by atoms with E-state index >= 15 is 0 Å². The van der Waals surface area contributed by atoms with E-state index in [9.17, 15) is 0 Å². The summed E-state index contributed by atoms with van der Waals surface area (Å²) < 4.78 is 0. The maximum absolute atomic E-state index is 4.31. The van der Waals surface area contributed by atoms with E-state index in [0.29, 0.717) is 6.04 Å². The molecule has 58 valence electrons. The summed E-state index contributed by atoms with van der Waals surface area (Å²) in [6.45, 7) is 6.62. The lowest BCUT2D eigenvalue weighted by molar-refractivity contribution is 0.530. The first-order valence-electron chi connectivity index (χ1n) is 4.06. The molecule has 0 aromatic carbocycles. The smallest absolute Gasteiger partial charge is 0.0852 e. The van der Waals surface area contributed by atoms with Crippen LogP contribution in [-0.2, 0) is 0 Å². The van der Waals surface area contributed by atoms with Crippen LogP contribution in [0.4, 0.5) is 0 Å². The number of nitrogens with zero attached hydrogens (tertiary/aromatic N) is 2. The summed E-state index contributed by atoms with van der Waals surface area (Å²) in [4.78, 5) is 6.60. The van der Waals surface area contributed by atoms with Crippen LogP contribution in [-0.4, -0.2) is 30.4 Å². The van der Waals surface area contributed by atoms with Crippen LogP contribution < -0.4 is 0 Å². The van der Waals surface area contributed by atoms with E-state index in [1.165, 1.54) is 25.9 Å². The highest BCUT2D eigenvalue weighted by Crippen LogP contribution is 2.04. The van der Waals surface area contributed by atoms with Crippen LogP contribution in [0.5, 0.6) is 0 Å². The normalized spacial score (nSPS) is 19.7. The molecular weight excluding hydrogens is 124 g/mol. The molecule has 0 unspecified atom stereocenters. The summed E-state index contributed by atoms with van der Waals surface area (Å²) >= 11 is 0. The Balaban J connectivity index is 2.23. The fourth-order valence-corrected chi connectivity index (χ4v) is 1.08. The van der Waals surface area contributed by atoms with Crippen molar-refractivity contribution in [3.8, 4) is 0 Å². The van der Waals surface area contributed by atoms with E-state index in [1.54, 1.807) is 0 Å². The number of rotatable bonds is 2. The fourth-order valence-electron chi connectivity index (χ4n) is 1.08. The average molecular weight is 140 g/mol. The third-order valence-electron chi connectivity index (χ3n) is 1.67. The second-order valence-electron chi connectivity index (χ2n) is 3.10. The molecule has 0 aromatic heterocycles. The largest absolute Gasteiger partial charge is 0.363 e. The standard InChI is InChI=1S/C8H16N2/c1-8(2)9-7-10-5-3-4-6-10/h7-8H,3-6H2,1-2H3. The maximum Gasteiger partial charge on any atom is 0.0852 e. The minimum atomic E-state index is 0.445. The van der Waals surface area contributed by atoms with Crippen LogP contribution >= 0.6 is 0 Å². The summed E-state index contributed by atoms with van der Waals surface area (Å²) in [5, 5.41) is 0. The Labute approximate surface area is 62.9 Å². The molecule has 0 N–H and O–H groups in total. The average Bonchev–Trinajstić information content (AvgIpc) is 2.34. The van der Waals surface area contributed by atoms with Crippen molar-refractivity contribution in [3.05, 3.63) is 0 Å². The van der Waals surface area contributed by atoms with E-state index in [2.05, 4.69) is 23.7 Å². The highest BCUT2D eigenvalue weighted by molar-refractivity contribution is 5.55. The molecule has 1 aliphatic heterocycles. The molecule has 0 saturated carbocycles. The van der Waals surface area contributed by atoms with Gasteiger partial charge in [-0.15, -0.1) is 0 Å².